The third-order valence-electron chi connectivity index (χ3n) is 5.15. The van der Waals surface area contributed by atoms with Gasteiger partial charge in [0.1, 0.15) is 0 Å². The average Bonchev–Trinajstić information content (AvgIpc) is 2.93. The monoisotopic (exact) mass is 311 g/mol. The molecule has 2 N–H and O–H groups in total. The van der Waals surface area contributed by atoms with Gasteiger partial charge in [-0.15, -0.1) is 0 Å². The Labute approximate surface area is 137 Å². The first-order valence-corrected chi connectivity index (χ1v) is 9.66. The van der Waals surface area contributed by atoms with Crippen LogP contribution in [0.5, 0.6) is 0 Å². The zero-order chi connectivity index (χ0) is 16.0. The van der Waals surface area contributed by atoms with Gasteiger partial charge in [0.25, 0.3) is 0 Å². The molecule has 1 aliphatic carbocycles. The second-order valence-corrected chi connectivity index (χ2v) is 7.06. The normalized spacial score (nSPS) is 21.3. The van der Waals surface area contributed by atoms with Crippen molar-refractivity contribution in [2.75, 3.05) is 13.1 Å². The molecule has 0 spiro atoms. The van der Waals surface area contributed by atoms with Crippen molar-refractivity contribution >= 4 is 5.97 Å². The summed E-state index contributed by atoms with van der Waals surface area (Å²) in [6.45, 7) is 4.59. The number of aliphatic carboxylic acids is 1. The van der Waals surface area contributed by atoms with Gasteiger partial charge in [-0.2, -0.15) is 0 Å². The van der Waals surface area contributed by atoms with Gasteiger partial charge in [-0.25, -0.2) is 0 Å². The second-order valence-electron chi connectivity index (χ2n) is 7.06. The Balaban J connectivity index is 1.95. The van der Waals surface area contributed by atoms with Gasteiger partial charge in [0.2, 0.25) is 0 Å². The number of nitrogens with one attached hydrogen (secondary N) is 1. The van der Waals surface area contributed by atoms with E-state index in [4.69, 9.17) is 5.11 Å². The Kier molecular flexibility index (Phi) is 11.4. The van der Waals surface area contributed by atoms with Crippen molar-refractivity contribution in [3.8, 4) is 0 Å². The van der Waals surface area contributed by atoms with Gasteiger partial charge in [-0.3, -0.25) is 4.79 Å². The summed E-state index contributed by atoms with van der Waals surface area (Å²) in [6.07, 6.45) is 15.9. The number of carbonyl (C=O) groups is 1. The topological polar surface area (TPSA) is 49.3 Å². The molecule has 1 rings (SSSR count). The molecule has 130 valence electrons. The third kappa shape index (κ3) is 9.45. The summed E-state index contributed by atoms with van der Waals surface area (Å²) in [7, 11) is 0. The number of hydrogen-bond acceptors (Lipinski definition) is 2. The summed E-state index contributed by atoms with van der Waals surface area (Å²) < 4.78 is 0. The number of carboxylic acids is 1. The highest BCUT2D eigenvalue weighted by Crippen LogP contribution is 2.35. The van der Waals surface area contributed by atoms with Crippen LogP contribution in [0.25, 0.3) is 0 Å². The quantitative estimate of drug-likeness (QED) is 0.444. The minimum atomic E-state index is -0.663. The van der Waals surface area contributed by atoms with Crippen molar-refractivity contribution in [1.29, 1.82) is 0 Å². The maximum absolute atomic E-state index is 10.4. The van der Waals surface area contributed by atoms with Crippen molar-refractivity contribution in [2.45, 2.75) is 90.4 Å². The van der Waals surface area contributed by atoms with Crippen LogP contribution in [-0.4, -0.2) is 24.2 Å². The van der Waals surface area contributed by atoms with E-state index in [-0.39, 0.29) is 0 Å². The van der Waals surface area contributed by atoms with Crippen LogP contribution in [-0.2, 0) is 4.79 Å². The molecule has 0 amide bonds. The Morgan fingerprint density at radius 3 is 2.50 bits per heavy atom. The molecule has 22 heavy (non-hydrogen) atoms. The minimum Gasteiger partial charge on any atom is -0.481 e. The Morgan fingerprint density at radius 2 is 1.73 bits per heavy atom. The molecule has 2 unspecified atom stereocenters. The molecule has 1 saturated carbocycles. The summed E-state index contributed by atoms with van der Waals surface area (Å²) in [5, 5.41) is 12.2. The molecule has 1 aliphatic rings. The molecule has 0 aliphatic heterocycles. The lowest BCUT2D eigenvalue weighted by molar-refractivity contribution is -0.137. The van der Waals surface area contributed by atoms with Gasteiger partial charge in [0.15, 0.2) is 0 Å². The number of hydrogen-bond donors (Lipinski definition) is 2. The molecule has 2 atom stereocenters. The fourth-order valence-electron chi connectivity index (χ4n) is 3.76. The zero-order valence-corrected chi connectivity index (χ0v) is 14.6. The Morgan fingerprint density at radius 1 is 1.00 bits per heavy atom. The van der Waals surface area contributed by atoms with Crippen LogP contribution in [0.4, 0.5) is 0 Å². The molecular formula is C19H37NO2. The van der Waals surface area contributed by atoms with E-state index in [9.17, 15) is 4.79 Å². The number of rotatable bonds is 14. The standard InChI is InChI=1S/C19H37NO2/c1-2-3-4-7-11-17-12-10-13-18(17)16-20-15-9-6-5-8-14-19(21)22/h17-18,20H,2-16H2,1H3,(H,21,22). The smallest absolute Gasteiger partial charge is 0.303 e. The number of carboxylic acid groups (broad SMARTS) is 1. The molecule has 0 radical (unpaired) electrons. The van der Waals surface area contributed by atoms with E-state index < -0.39 is 5.97 Å². The molecular weight excluding hydrogens is 274 g/mol. The Bertz CT molecular complexity index is 281. The van der Waals surface area contributed by atoms with Crippen LogP contribution in [0.2, 0.25) is 0 Å². The van der Waals surface area contributed by atoms with Crippen molar-refractivity contribution in [3.63, 3.8) is 0 Å². The average molecular weight is 312 g/mol. The molecule has 1 fully saturated rings. The van der Waals surface area contributed by atoms with Crippen molar-refractivity contribution in [2.24, 2.45) is 11.8 Å². The molecule has 0 heterocycles. The second kappa shape index (κ2) is 12.9. The fourth-order valence-corrected chi connectivity index (χ4v) is 3.76. The van der Waals surface area contributed by atoms with Gasteiger partial charge in [-0.1, -0.05) is 64.7 Å². The maximum atomic E-state index is 10.4. The lowest BCUT2D eigenvalue weighted by Crippen LogP contribution is -2.26. The lowest BCUT2D eigenvalue weighted by Gasteiger charge is -2.20. The van der Waals surface area contributed by atoms with E-state index in [0.29, 0.717) is 6.42 Å². The predicted molar refractivity (Wildman–Crippen MR) is 93.2 cm³/mol. The molecule has 0 aromatic carbocycles. The first kappa shape index (κ1) is 19.5. The highest BCUT2D eigenvalue weighted by Gasteiger charge is 2.25. The summed E-state index contributed by atoms with van der Waals surface area (Å²) in [5.74, 6) is 1.22. The minimum absolute atomic E-state index is 0.329. The SMILES string of the molecule is CCCCCCC1CCCC1CNCCCCCCC(=O)O. The van der Waals surface area contributed by atoms with E-state index in [1.807, 2.05) is 0 Å². The molecule has 3 heteroatoms. The molecule has 3 nitrogen and oxygen atoms in total. The third-order valence-corrected chi connectivity index (χ3v) is 5.15. The molecule has 0 aromatic heterocycles. The van der Waals surface area contributed by atoms with Crippen LogP contribution >= 0.6 is 0 Å². The number of unbranched alkanes of at least 4 members (excludes halogenated alkanes) is 6. The molecule has 0 bridgehead atoms. The van der Waals surface area contributed by atoms with Crippen molar-refractivity contribution < 1.29 is 9.90 Å². The first-order chi connectivity index (χ1) is 10.7. The predicted octanol–water partition coefficient (Wildman–Crippen LogP) is 5.00. The maximum Gasteiger partial charge on any atom is 0.303 e. The van der Waals surface area contributed by atoms with E-state index in [1.165, 1.54) is 64.3 Å². The summed E-state index contributed by atoms with van der Waals surface area (Å²) in [4.78, 5) is 10.4. The summed E-state index contributed by atoms with van der Waals surface area (Å²) in [6, 6.07) is 0. The highest BCUT2D eigenvalue weighted by atomic mass is 16.4. The zero-order valence-electron chi connectivity index (χ0n) is 14.6. The molecule has 0 saturated heterocycles. The first-order valence-electron chi connectivity index (χ1n) is 9.66. The van der Waals surface area contributed by atoms with Crippen molar-refractivity contribution in [1.82, 2.24) is 5.32 Å². The van der Waals surface area contributed by atoms with Gasteiger partial charge >= 0.3 is 5.97 Å². The Hall–Kier alpha value is -0.570. The van der Waals surface area contributed by atoms with Crippen LogP contribution in [0.15, 0.2) is 0 Å². The van der Waals surface area contributed by atoms with E-state index in [0.717, 1.165) is 37.6 Å². The van der Waals surface area contributed by atoms with Crippen LogP contribution in [0, 0.1) is 11.8 Å². The van der Waals surface area contributed by atoms with E-state index in [1.54, 1.807) is 0 Å². The van der Waals surface area contributed by atoms with Gasteiger partial charge < -0.3 is 10.4 Å². The van der Waals surface area contributed by atoms with E-state index in [2.05, 4.69) is 12.2 Å². The largest absolute Gasteiger partial charge is 0.481 e. The van der Waals surface area contributed by atoms with Gasteiger partial charge in [0, 0.05) is 6.42 Å². The van der Waals surface area contributed by atoms with Crippen LogP contribution in [0.1, 0.15) is 90.4 Å². The lowest BCUT2D eigenvalue weighted by atomic mass is 9.90. The summed E-state index contributed by atoms with van der Waals surface area (Å²) in [5.41, 5.74) is 0. The van der Waals surface area contributed by atoms with E-state index >= 15 is 0 Å². The molecule has 0 aromatic rings. The van der Waals surface area contributed by atoms with Crippen LogP contribution in [0.3, 0.4) is 0 Å². The van der Waals surface area contributed by atoms with Crippen LogP contribution < -0.4 is 5.32 Å². The highest BCUT2D eigenvalue weighted by molar-refractivity contribution is 5.66. The van der Waals surface area contributed by atoms with Gasteiger partial charge in [-0.05, 0) is 44.2 Å². The van der Waals surface area contributed by atoms with Crippen molar-refractivity contribution in [3.05, 3.63) is 0 Å². The fraction of sp³-hybridized carbons (Fsp3) is 0.947. The summed E-state index contributed by atoms with van der Waals surface area (Å²) >= 11 is 0. The van der Waals surface area contributed by atoms with Gasteiger partial charge in [0.05, 0.1) is 0 Å².